The van der Waals surface area contributed by atoms with Gasteiger partial charge < -0.3 is 20.3 Å². The largest absolute Gasteiger partial charge is 0.464 e. The molecule has 3 rings (SSSR count). The number of methoxy groups -OCH3 is 1. The van der Waals surface area contributed by atoms with Crippen molar-refractivity contribution in [2.45, 2.75) is 6.54 Å². The summed E-state index contributed by atoms with van der Waals surface area (Å²) < 4.78 is 4.50. The van der Waals surface area contributed by atoms with E-state index in [-0.39, 0.29) is 23.8 Å². The summed E-state index contributed by atoms with van der Waals surface area (Å²) in [5.41, 5.74) is 2.18. The number of fused-ring (bicyclic) bond motifs is 1. The third kappa shape index (κ3) is 3.56. The van der Waals surface area contributed by atoms with E-state index in [0.29, 0.717) is 5.56 Å². The van der Waals surface area contributed by atoms with Crippen LogP contribution in [0.25, 0.3) is 0 Å². The molecule has 8 nitrogen and oxygen atoms in total. The van der Waals surface area contributed by atoms with Crippen molar-refractivity contribution in [2.24, 2.45) is 0 Å². The first-order valence-electron chi connectivity index (χ1n) is 8.61. The van der Waals surface area contributed by atoms with Gasteiger partial charge in [-0.05, 0) is 12.1 Å². The van der Waals surface area contributed by atoms with Crippen LogP contribution in [0, 0.1) is 0 Å². The van der Waals surface area contributed by atoms with Gasteiger partial charge in [0.2, 0.25) is 0 Å². The van der Waals surface area contributed by atoms with Gasteiger partial charge in [0.05, 0.1) is 13.7 Å². The van der Waals surface area contributed by atoms with Crippen LogP contribution in [0.3, 0.4) is 0 Å². The number of carbonyl (C=O) groups is 3. The van der Waals surface area contributed by atoms with Gasteiger partial charge in [0.25, 0.3) is 11.8 Å². The molecule has 0 radical (unpaired) electrons. The SMILES string of the molecule is C=C(NC(=O)C(=C)N1Cc2c(cccc2N2CCNCC2)C1=O)C(=O)OC. The van der Waals surface area contributed by atoms with E-state index < -0.39 is 11.9 Å². The molecule has 1 aromatic rings. The van der Waals surface area contributed by atoms with Gasteiger partial charge in [-0.25, -0.2) is 4.79 Å². The van der Waals surface area contributed by atoms with Gasteiger partial charge >= 0.3 is 5.97 Å². The Hall–Kier alpha value is -3.13. The van der Waals surface area contributed by atoms with Crippen molar-refractivity contribution >= 4 is 23.5 Å². The number of hydrogen-bond donors (Lipinski definition) is 2. The number of rotatable bonds is 5. The minimum Gasteiger partial charge on any atom is -0.464 e. The van der Waals surface area contributed by atoms with Crippen LogP contribution in [-0.4, -0.2) is 56.0 Å². The number of anilines is 1. The summed E-state index contributed by atoms with van der Waals surface area (Å²) >= 11 is 0. The first-order valence-corrected chi connectivity index (χ1v) is 8.61. The number of carbonyl (C=O) groups excluding carboxylic acids is 3. The highest BCUT2D eigenvalue weighted by Crippen LogP contribution is 2.33. The minimum atomic E-state index is -0.756. The molecule has 2 aliphatic heterocycles. The molecule has 2 amide bonds. The van der Waals surface area contributed by atoms with Crippen molar-refractivity contribution in [3.63, 3.8) is 0 Å². The van der Waals surface area contributed by atoms with Crippen molar-refractivity contribution in [1.82, 2.24) is 15.5 Å². The number of piperazine rings is 1. The number of ether oxygens (including phenoxy) is 1. The van der Waals surface area contributed by atoms with E-state index in [1.54, 1.807) is 6.07 Å². The van der Waals surface area contributed by atoms with E-state index in [1.807, 2.05) is 12.1 Å². The van der Waals surface area contributed by atoms with Crippen molar-refractivity contribution in [2.75, 3.05) is 38.2 Å². The summed E-state index contributed by atoms with van der Waals surface area (Å²) in [6.07, 6.45) is 0. The molecule has 0 unspecified atom stereocenters. The summed E-state index contributed by atoms with van der Waals surface area (Å²) in [6, 6.07) is 5.59. The first kappa shape index (κ1) is 18.7. The number of hydrogen-bond acceptors (Lipinski definition) is 6. The standard InChI is InChI=1S/C19H22N4O4/c1-12(19(26)27-3)21-17(24)13(2)23-11-15-14(18(23)25)5-4-6-16(15)22-9-7-20-8-10-22/h4-6,20H,1-2,7-11H2,3H3,(H,21,24). The molecule has 8 heteroatoms. The molecular formula is C19H22N4O4. The van der Waals surface area contributed by atoms with Gasteiger partial charge in [-0.3, -0.25) is 14.5 Å². The van der Waals surface area contributed by atoms with Crippen LogP contribution in [-0.2, 0) is 20.9 Å². The number of nitrogens with zero attached hydrogens (tertiary/aromatic N) is 2. The molecule has 2 heterocycles. The Labute approximate surface area is 157 Å². The van der Waals surface area contributed by atoms with E-state index in [4.69, 9.17) is 0 Å². The highest BCUT2D eigenvalue weighted by atomic mass is 16.5. The van der Waals surface area contributed by atoms with E-state index >= 15 is 0 Å². The number of nitrogens with one attached hydrogen (secondary N) is 2. The van der Waals surface area contributed by atoms with Gasteiger partial charge in [0.15, 0.2) is 0 Å². The van der Waals surface area contributed by atoms with Gasteiger partial charge in [-0.15, -0.1) is 0 Å². The lowest BCUT2D eigenvalue weighted by Crippen LogP contribution is -2.44. The van der Waals surface area contributed by atoms with Crippen LogP contribution in [0.4, 0.5) is 5.69 Å². The molecule has 0 spiro atoms. The third-order valence-corrected chi connectivity index (χ3v) is 4.68. The predicted octanol–water partition coefficient (Wildman–Crippen LogP) is 0.369. The highest BCUT2D eigenvalue weighted by Gasteiger charge is 2.34. The van der Waals surface area contributed by atoms with E-state index in [0.717, 1.165) is 37.4 Å². The molecule has 2 N–H and O–H groups in total. The van der Waals surface area contributed by atoms with Crippen molar-refractivity contribution in [3.05, 3.63) is 53.9 Å². The molecule has 27 heavy (non-hydrogen) atoms. The third-order valence-electron chi connectivity index (χ3n) is 4.68. The summed E-state index contributed by atoms with van der Waals surface area (Å²) in [5.74, 6) is -1.71. The molecule has 1 aromatic carbocycles. The zero-order valence-corrected chi connectivity index (χ0v) is 15.2. The molecule has 1 fully saturated rings. The van der Waals surface area contributed by atoms with Gasteiger partial charge in [0.1, 0.15) is 11.4 Å². The average molecular weight is 370 g/mol. The zero-order valence-electron chi connectivity index (χ0n) is 15.2. The fraction of sp³-hybridized carbons (Fsp3) is 0.316. The van der Waals surface area contributed by atoms with E-state index in [2.05, 4.69) is 33.4 Å². The molecule has 1 saturated heterocycles. The van der Waals surface area contributed by atoms with Gasteiger partial charge in [-0.1, -0.05) is 19.2 Å². The fourth-order valence-electron chi connectivity index (χ4n) is 3.24. The lowest BCUT2D eigenvalue weighted by molar-refractivity contribution is -0.137. The molecular weight excluding hydrogens is 348 g/mol. The smallest absolute Gasteiger partial charge is 0.353 e. The summed E-state index contributed by atoms with van der Waals surface area (Å²) in [4.78, 5) is 40.1. The maximum atomic E-state index is 12.8. The Morgan fingerprint density at radius 2 is 1.93 bits per heavy atom. The van der Waals surface area contributed by atoms with Crippen molar-refractivity contribution in [3.8, 4) is 0 Å². The molecule has 2 aliphatic rings. The average Bonchev–Trinajstić information content (AvgIpc) is 3.04. The molecule has 0 aliphatic carbocycles. The van der Waals surface area contributed by atoms with Crippen molar-refractivity contribution < 1.29 is 19.1 Å². The topological polar surface area (TPSA) is 91.0 Å². The first-order chi connectivity index (χ1) is 12.9. The second kappa shape index (κ2) is 7.63. The van der Waals surface area contributed by atoms with Crippen LogP contribution in [0.5, 0.6) is 0 Å². The van der Waals surface area contributed by atoms with Crippen LogP contribution in [0.2, 0.25) is 0 Å². The molecule has 142 valence electrons. The highest BCUT2D eigenvalue weighted by molar-refractivity contribution is 6.07. The van der Waals surface area contributed by atoms with Crippen molar-refractivity contribution in [1.29, 1.82) is 0 Å². The van der Waals surface area contributed by atoms with E-state index in [1.165, 1.54) is 12.0 Å². The van der Waals surface area contributed by atoms with Gasteiger partial charge in [0, 0.05) is 43.0 Å². The second-order valence-electron chi connectivity index (χ2n) is 6.30. The van der Waals surface area contributed by atoms with E-state index in [9.17, 15) is 14.4 Å². The zero-order chi connectivity index (χ0) is 19.6. The summed E-state index contributed by atoms with van der Waals surface area (Å²) in [7, 11) is 1.19. The lowest BCUT2D eigenvalue weighted by atomic mass is 10.1. The molecule has 0 bridgehead atoms. The Kier molecular flexibility index (Phi) is 5.27. The van der Waals surface area contributed by atoms with Gasteiger partial charge in [-0.2, -0.15) is 0 Å². The Bertz CT molecular complexity index is 827. The number of esters is 1. The Morgan fingerprint density at radius 1 is 1.22 bits per heavy atom. The monoisotopic (exact) mass is 370 g/mol. The maximum absolute atomic E-state index is 12.8. The molecule has 0 saturated carbocycles. The molecule has 0 atom stereocenters. The number of amides is 2. The Balaban J connectivity index is 1.78. The van der Waals surface area contributed by atoms with Crippen LogP contribution >= 0.6 is 0 Å². The van der Waals surface area contributed by atoms with Crippen LogP contribution in [0.1, 0.15) is 15.9 Å². The maximum Gasteiger partial charge on any atom is 0.353 e. The second-order valence-corrected chi connectivity index (χ2v) is 6.30. The quantitative estimate of drug-likeness (QED) is 0.575. The van der Waals surface area contributed by atoms with Crippen LogP contribution < -0.4 is 15.5 Å². The van der Waals surface area contributed by atoms with Crippen LogP contribution in [0.15, 0.2) is 42.8 Å². The minimum absolute atomic E-state index is 0.0486. The normalized spacial score (nSPS) is 16.0. The molecule has 0 aromatic heterocycles. The lowest BCUT2D eigenvalue weighted by Gasteiger charge is -2.31. The fourth-order valence-corrected chi connectivity index (χ4v) is 3.24. The summed E-state index contributed by atoms with van der Waals surface area (Å²) in [5, 5.41) is 5.62. The Morgan fingerprint density at radius 3 is 2.59 bits per heavy atom. The summed E-state index contributed by atoms with van der Waals surface area (Å²) in [6.45, 7) is 10.9. The number of benzene rings is 1. The predicted molar refractivity (Wildman–Crippen MR) is 99.8 cm³/mol.